The number of fused-ring (bicyclic) bond motifs is 3. The van der Waals surface area contributed by atoms with E-state index in [1.54, 1.807) is 0 Å². The van der Waals surface area contributed by atoms with Crippen LogP contribution in [0, 0.1) is 0 Å². The van der Waals surface area contributed by atoms with Crippen LogP contribution in [0.4, 0.5) is 0 Å². The molecular weight excluding hydrogens is 352 g/mol. The normalized spacial score (nSPS) is 11.4. The fourth-order valence-corrected chi connectivity index (χ4v) is 3.50. The summed E-state index contributed by atoms with van der Waals surface area (Å²) in [5.41, 5.74) is 4.18. The zero-order valence-electron chi connectivity index (χ0n) is 16.4. The number of hydrogen-bond donors (Lipinski definition) is 1. The Morgan fingerprint density at radius 1 is 1.11 bits per heavy atom. The fourth-order valence-electron chi connectivity index (χ4n) is 3.50. The molecule has 0 atom stereocenters. The molecule has 2 aromatic heterocycles. The highest BCUT2D eigenvalue weighted by molar-refractivity contribution is 6.07. The number of aryl methyl sites for hydroxylation is 1. The van der Waals surface area contributed by atoms with Gasteiger partial charge in [0.2, 0.25) is 0 Å². The van der Waals surface area contributed by atoms with Crippen LogP contribution < -0.4 is 10.1 Å². The van der Waals surface area contributed by atoms with Gasteiger partial charge in [0, 0.05) is 24.5 Å². The van der Waals surface area contributed by atoms with Gasteiger partial charge in [-0.3, -0.25) is 4.79 Å². The first-order valence-electron chi connectivity index (χ1n) is 9.61. The minimum atomic E-state index is -0.111. The van der Waals surface area contributed by atoms with E-state index in [0.29, 0.717) is 18.8 Å². The third-order valence-electron chi connectivity index (χ3n) is 4.72. The van der Waals surface area contributed by atoms with Crippen molar-refractivity contribution in [1.29, 1.82) is 0 Å². The summed E-state index contributed by atoms with van der Waals surface area (Å²) in [6.45, 7) is 7.17. The largest absolute Gasteiger partial charge is 0.491 e. The Kier molecular flexibility index (Phi) is 4.82. The zero-order valence-corrected chi connectivity index (χ0v) is 16.4. The van der Waals surface area contributed by atoms with Crippen LogP contribution in [-0.2, 0) is 13.1 Å². The highest BCUT2D eigenvalue weighted by atomic mass is 16.5. The predicted octanol–water partition coefficient (Wildman–Crippen LogP) is 5.12. The SMILES string of the molecule is CCn1c(C(=O)NCc2ccc(OC(C)C)cc2)cc2oc3ccccc3c21. The molecule has 1 amide bonds. The van der Waals surface area contributed by atoms with Crippen molar-refractivity contribution in [2.45, 2.75) is 40.0 Å². The topological polar surface area (TPSA) is 56.4 Å². The standard InChI is InChI=1S/C23H24N2O3/c1-4-25-19(13-21-22(25)18-7-5-6-8-20(18)28-21)23(26)24-14-16-9-11-17(12-10-16)27-15(2)3/h5-13,15H,4,14H2,1-3H3,(H,24,26). The van der Waals surface area contributed by atoms with E-state index in [0.717, 1.165) is 33.4 Å². The van der Waals surface area contributed by atoms with Crippen molar-refractivity contribution in [3.8, 4) is 5.75 Å². The summed E-state index contributed by atoms with van der Waals surface area (Å²) in [7, 11) is 0. The van der Waals surface area contributed by atoms with Crippen molar-refractivity contribution in [3.05, 3.63) is 65.9 Å². The highest BCUT2D eigenvalue weighted by Crippen LogP contribution is 2.31. The average Bonchev–Trinajstić information content (AvgIpc) is 3.22. The maximum Gasteiger partial charge on any atom is 0.268 e. The van der Waals surface area contributed by atoms with Crippen molar-refractivity contribution in [3.63, 3.8) is 0 Å². The van der Waals surface area contributed by atoms with Gasteiger partial charge in [-0.2, -0.15) is 0 Å². The van der Waals surface area contributed by atoms with Crippen molar-refractivity contribution < 1.29 is 13.9 Å². The lowest BCUT2D eigenvalue weighted by Crippen LogP contribution is -2.25. The van der Waals surface area contributed by atoms with Crippen LogP contribution in [0.2, 0.25) is 0 Å². The van der Waals surface area contributed by atoms with E-state index < -0.39 is 0 Å². The molecular formula is C23H24N2O3. The Labute approximate surface area is 163 Å². The second kappa shape index (κ2) is 7.43. The van der Waals surface area contributed by atoms with Crippen molar-refractivity contribution in [1.82, 2.24) is 9.88 Å². The maximum atomic E-state index is 12.8. The third kappa shape index (κ3) is 3.36. The van der Waals surface area contributed by atoms with E-state index in [1.165, 1.54) is 0 Å². The molecule has 28 heavy (non-hydrogen) atoms. The molecule has 0 radical (unpaired) electrons. The molecule has 4 aromatic rings. The van der Waals surface area contributed by atoms with Crippen molar-refractivity contribution in [2.75, 3.05) is 0 Å². The maximum absolute atomic E-state index is 12.8. The number of carbonyl (C=O) groups is 1. The molecule has 0 saturated heterocycles. The summed E-state index contributed by atoms with van der Waals surface area (Å²) < 4.78 is 13.6. The summed E-state index contributed by atoms with van der Waals surface area (Å²) in [5.74, 6) is 0.719. The molecule has 144 valence electrons. The van der Waals surface area contributed by atoms with Crippen LogP contribution >= 0.6 is 0 Å². The Balaban J connectivity index is 1.54. The lowest BCUT2D eigenvalue weighted by atomic mass is 10.2. The van der Waals surface area contributed by atoms with E-state index >= 15 is 0 Å². The van der Waals surface area contributed by atoms with Gasteiger partial charge in [-0.25, -0.2) is 0 Å². The smallest absolute Gasteiger partial charge is 0.268 e. The molecule has 0 aliphatic carbocycles. The van der Waals surface area contributed by atoms with Gasteiger partial charge in [-0.15, -0.1) is 0 Å². The minimum absolute atomic E-state index is 0.111. The van der Waals surface area contributed by atoms with Gasteiger partial charge in [0.1, 0.15) is 17.0 Å². The van der Waals surface area contributed by atoms with Gasteiger partial charge in [0.15, 0.2) is 5.58 Å². The molecule has 0 bridgehead atoms. The van der Waals surface area contributed by atoms with Gasteiger partial charge in [-0.05, 0) is 50.6 Å². The lowest BCUT2D eigenvalue weighted by Gasteiger charge is -2.11. The Hall–Kier alpha value is -3.21. The average molecular weight is 376 g/mol. The van der Waals surface area contributed by atoms with Gasteiger partial charge < -0.3 is 19.0 Å². The Morgan fingerprint density at radius 2 is 1.86 bits per heavy atom. The molecule has 0 aliphatic rings. The van der Waals surface area contributed by atoms with E-state index in [9.17, 15) is 4.79 Å². The number of nitrogens with zero attached hydrogens (tertiary/aromatic N) is 1. The molecule has 1 N–H and O–H groups in total. The highest BCUT2D eigenvalue weighted by Gasteiger charge is 2.19. The number of ether oxygens (including phenoxy) is 1. The zero-order chi connectivity index (χ0) is 19.7. The van der Waals surface area contributed by atoms with E-state index in [2.05, 4.69) is 5.32 Å². The Morgan fingerprint density at radius 3 is 2.57 bits per heavy atom. The number of rotatable bonds is 6. The molecule has 0 saturated carbocycles. The molecule has 0 spiro atoms. The van der Waals surface area contributed by atoms with Crippen LogP contribution in [-0.4, -0.2) is 16.6 Å². The lowest BCUT2D eigenvalue weighted by molar-refractivity contribution is 0.0942. The molecule has 0 unspecified atom stereocenters. The molecule has 0 fully saturated rings. The number of carbonyl (C=O) groups excluding carboxylic acids is 1. The number of hydrogen-bond acceptors (Lipinski definition) is 3. The van der Waals surface area contributed by atoms with Gasteiger partial charge in [0.25, 0.3) is 5.91 Å². The number of benzene rings is 2. The molecule has 2 heterocycles. The summed E-state index contributed by atoms with van der Waals surface area (Å²) in [6, 6.07) is 17.5. The van der Waals surface area contributed by atoms with E-state index in [1.807, 2.05) is 79.9 Å². The number of nitrogens with one attached hydrogen (secondary N) is 1. The van der Waals surface area contributed by atoms with Gasteiger partial charge in [-0.1, -0.05) is 24.3 Å². The van der Waals surface area contributed by atoms with Gasteiger partial charge >= 0.3 is 0 Å². The molecule has 0 aliphatic heterocycles. The van der Waals surface area contributed by atoms with Crippen molar-refractivity contribution >= 4 is 28.0 Å². The van der Waals surface area contributed by atoms with E-state index in [-0.39, 0.29) is 12.0 Å². The summed E-state index contributed by atoms with van der Waals surface area (Å²) in [6.07, 6.45) is 0.140. The quantitative estimate of drug-likeness (QED) is 0.508. The summed E-state index contributed by atoms with van der Waals surface area (Å²) in [5, 5.41) is 4.03. The van der Waals surface area contributed by atoms with Crippen LogP contribution in [0.5, 0.6) is 5.75 Å². The summed E-state index contributed by atoms with van der Waals surface area (Å²) in [4.78, 5) is 12.8. The number of para-hydroxylation sites is 1. The van der Waals surface area contributed by atoms with Crippen molar-refractivity contribution in [2.24, 2.45) is 0 Å². The van der Waals surface area contributed by atoms with Crippen LogP contribution in [0.25, 0.3) is 22.1 Å². The first-order chi connectivity index (χ1) is 13.6. The van der Waals surface area contributed by atoms with Crippen LogP contribution in [0.3, 0.4) is 0 Å². The van der Waals surface area contributed by atoms with Crippen LogP contribution in [0.1, 0.15) is 36.8 Å². The predicted molar refractivity (Wildman–Crippen MR) is 111 cm³/mol. The van der Waals surface area contributed by atoms with Crippen LogP contribution in [0.15, 0.2) is 59.0 Å². The fraction of sp³-hybridized carbons (Fsp3) is 0.261. The monoisotopic (exact) mass is 376 g/mol. The number of aromatic nitrogens is 1. The first-order valence-corrected chi connectivity index (χ1v) is 9.61. The minimum Gasteiger partial charge on any atom is -0.491 e. The summed E-state index contributed by atoms with van der Waals surface area (Å²) >= 11 is 0. The molecule has 5 nitrogen and oxygen atoms in total. The van der Waals surface area contributed by atoms with E-state index in [4.69, 9.17) is 9.15 Å². The number of furan rings is 1. The van der Waals surface area contributed by atoms with Gasteiger partial charge in [0.05, 0.1) is 11.6 Å². The first kappa shape index (κ1) is 18.2. The molecule has 4 rings (SSSR count). The molecule has 2 aromatic carbocycles. The Bertz CT molecular complexity index is 1120. The number of amides is 1. The second-order valence-electron chi connectivity index (χ2n) is 7.08. The third-order valence-corrected chi connectivity index (χ3v) is 4.72. The molecule has 5 heteroatoms. The second-order valence-corrected chi connectivity index (χ2v) is 7.08.